The van der Waals surface area contributed by atoms with E-state index in [1.54, 1.807) is 0 Å². The van der Waals surface area contributed by atoms with E-state index in [-0.39, 0.29) is 64.2 Å². The number of ketones is 1. The van der Waals surface area contributed by atoms with Crippen molar-refractivity contribution in [3.63, 3.8) is 0 Å². The molecule has 36 nitrogen and oxygen atoms in total. The topological polar surface area (TPSA) is 569 Å². The molecule has 4 aliphatic carbocycles. The molecule has 0 aromatic heterocycles. The number of carboxylic acid groups (broad SMARTS) is 1. The number of Topliss-reactive ketones (excluding diaryl/α,β-unsaturated/α-hetero) is 1. The van der Waals surface area contributed by atoms with Gasteiger partial charge < -0.3 is 153 Å². The lowest BCUT2D eigenvalue weighted by Gasteiger charge is -2.51. The van der Waals surface area contributed by atoms with Crippen molar-refractivity contribution in [3.8, 4) is 0 Å². The molecule has 10 rings (SSSR count). The number of rotatable bonds is 19. The van der Waals surface area contributed by atoms with Crippen molar-refractivity contribution < 1.29 is 177 Å². The number of esters is 3. The van der Waals surface area contributed by atoms with Gasteiger partial charge >= 0.3 is 23.9 Å². The molecule has 4 saturated carbocycles. The Morgan fingerprint density at radius 3 is 1.75 bits per heavy atom. The highest BCUT2D eigenvalue weighted by atomic mass is 16.8. The number of ether oxygens (including phenoxy) is 13. The molecule has 0 radical (unpaired) electrons. The van der Waals surface area contributed by atoms with E-state index < -0.39 is 288 Å². The first kappa shape index (κ1) is 74.2. The molecular weight excluding hydrogens is 1280 g/mol. The van der Waals surface area contributed by atoms with E-state index in [4.69, 9.17) is 61.6 Å². The summed E-state index contributed by atoms with van der Waals surface area (Å²) in [6.45, 7) is -1.73. The number of hydrogen-bond donors (Lipinski definition) is 18. The first-order valence-corrected chi connectivity index (χ1v) is 32.3. The minimum Gasteiger partial charge on any atom is -0.479 e. The van der Waals surface area contributed by atoms with Gasteiger partial charge in [-0.05, 0) is 76.0 Å². The van der Waals surface area contributed by atoms with Gasteiger partial charge in [-0.1, -0.05) is 0 Å². The zero-order chi connectivity index (χ0) is 68.8. The van der Waals surface area contributed by atoms with Gasteiger partial charge in [-0.2, -0.15) is 0 Å². The van der Waals surface area contributed by atoms with Crippen LogP contribution in [0.15, 0.2) is 0 Å². The van der Waals surface area contributed by atoms with Crippen LogP contribution in [0.5, 0.6) is 0 Å². The zero-order valence-electron chi connectivity index (χ0n) is 51.6. The van der Waals surface area contributed by atoms with Gasteiger partial charge in [0.05, 0.1) is 92.4 Å². The fraction of sp³-hybridized carbons (Fsp3) is 0.915. The molecule has 10 aliphatic rings. The maximum atomic E-state index is 15.0. The molecule has 0 aromatic rings. The lowest BCUT2D eigenvalue weighted by molar-refractivity contribution is -0.375. The Labute approximate surface area is 541 Å². The van der Waals surface area contributed by atoms with Crippen molar-refractivity contribution >= 4 is 29.7 Å². The molecule has 0 bridgehead atoms. The first-order chi connectivity index (χ1) is 45.0. The maximum Gasteiger partial charge on any atom is 0.335 e. The Bertz CT molecular complexity index is 2580. The predicted octanol–water partition coefficient (Wildman–Crippen LogP) is -9.01. The van der Waals surface area contributed by atoms with Crippen molar-refractivity contribution in [3.05, 3.63) is 0 Å². The van der Waals surface area contributed by atoms with Crippen LogP contribution in [-0.4, -0.2) is 344 Å². The summed E-state index contributed by atoms with van der Waals surface area (Å²) in [6.07, 6.45) is -53.9. The average Bonchev–Trinajstić information content (AvgIpc) is 0.764. The molecule has 36 heteroatoms. The highest BCUT2D eigenvalue weighted by Crippen LogP contribution is 2.46. The number of carbonyl (C=O) groups is 5. The van der Waals surface area contributed by atoms with Crippen LogP contribution < -0.4 is 0 Å². The van der Waals surface area contributed by atoms with Crippen LogP contribution in [0.2, 0.25) is 0 Å². The van der Waals surface area contributed by atoms with Crippen molar-refractivity contribution in [2.45, 2.75) is 293 Å². The lowest BCUT2D eigenvalue weighted by atomic mass is 9.72. The molecule has 6 aliphatic heterocycles. The molecule has 35 atom stereocenters. The quantitative estimate of drug-likeness (QED) is 0.0324. The molecule has 6 heterocycles. The Morgan fingerprint density at radius 2 is 1.08 bits per heavy atom. The van der Waals surface area contributed by atoms with Gasteiger partial charge in [0.25, 0.3) is 0 Å². The summed E-state index contributed by atoms with van der Waals surface area (Å²) in [5.74, 6) is -9.59. The van der Waals surface area contributed by atoms with Crippen LogP contribution in [0.1, 0.15) is 90.4 Å². The molecule has 6 saturated heterocycles. The van der Waals surface area contributed by atoms with Crippen LogP contribution in [0.4, 0.5) is 0 Å². The fourth-order valence-electron chi connectivity index (χ4n) is 15.2. The van der Waals surface area contributed by atoms with Crippen LogP contribution in [0.3, 0.4) is 0 Å². The molecule has 10 fully saturated rings. The second kappa shape index (κ2) is 31.6. The molecule has 15 unspecified atom stereocenters. The zero-order valence-corrected chi connectivity index (χ0v) is 51.6. The summed E-state index contributed by atoms with van der Waals surface area (Å²) in [5, 5.41) is 194. The van der Waals surface area contributed by atoms with Gasteiger partial charge in [0.2, 0.25) is 0 Å². The summed E-state index contributed by atoms with van der Waals surface area (Å²) in [4.78, 5) is 66.8. The maximum absolute atomic E-state index is 15.0. The largest absolute Gasteiger partial charge is 0.479 e. The third-order valence-electron chi connectivity index (χ3n) is 20.3. The predicted molar refractivity (Wildman–Crippen MR) is 299 cm³/mol. The van der Waals surface area contributed by atoms with Crippen LogP contribution in [0.25, 0.3) is 0 Å². The minimum absolute atomic E-state index is 0.0265. The second-order valence-corrected chi connectivity index (χ2v) is 26.8. The summed E-state index contributed by atoms with van der Waals surface area (Å²) in [7, 11) is 0. The number of aliphatic hydroxyl groups is 17. The molecule has 0 amide bonds. The van der Waals surface area contributed by atoms with Gasteiger partial charge in [0.15, 0.2) is 49.3 Å². The van der Waals surface area contributed by atoms with E-state index in [1.807, 2.05) is 0 Å². The summed E-state index contributed by atoms with van der Waals surface area (Å²) in [6, 6.07) is 0. The fourth-order valence-corrected chi connectivity index (χ4v) is 15.2. The molecule has 542 valence electrons. The van der Waals surface area contributed by atoms with E-state index in [9.17, 15) is 116 Å². The molecule has 95 heavy (non-hydrogen) atoms. The summed E-state index contributed by atoms with van der Waals surface area (Å²) in [5.41, 5.74) is 0. The van der Waals surface area contributed by atoms with Crippen molar-refractivity contribution in [2.75, 3.05) is 19.8 Å². The van der Waals surface area contributed by atoms with Gasteiger partial charge in [0.1, 0.15) is 98.5 Å². The van der Waals surface area contributed by atoms with Crippen molar-refractivity contribution in [2.24, 2.45) is 23.7 Å². The number of hydrogen-bond acceptors (Lipinski definition) is 35. The minimum atomic E-state index is -2.32. The SMILES string of the molecule is CC(=O)O[C@@H]1[C@@H](O)[C@H](OC2CC3C(O)CC(O)CC3OC2C2CCC(O)C(O)C2)O[C@H](COC(=O)CC(=O)O[C@H]2[C@H](OC3CC(O)C4C(=O)C(O[C@@H]5O[C@H](CO)[C@@H](O)[C@H](O)[C@H]5O[C@@H]5O[C@H](CO)[C@@H](O)[C@H](O)[C@H]5O)C(C5CCC(O)CC5)OC4C3)O[C@H](C(=O)O)[C@@H](O)[C@@H]2O)[C@H]1O. The monoisotopic (exact) mass is 1370 g/mol. The third-order valence-corrected chi connectivity index (χ3v) is 20.3. The smallest absolute Gasteiger partial charge is 0.335 e. The Morgan fingerprint density at radius 1 is 0.463 bits per heavy atom. The van der Waals surface area contributed by atoms with Crippen LogP contribution in [0, 0.1) is 23.7 Å². The van der Waals surface area contributed by atoms with Crippen LogP contribution in [-0.2, 0) is 85.6 Å². The van der Waals surface area contributed by atoms with Gasteiger partial charge in [-0.25, -0.2) is 4.79 Å². The number of aliphatic hydroxyl groups excluding tert-OH is 17. The molecule has 18 N–H and O–H groups in total. The number of carbonyl (C=O) groups excluding carboxylic acids is 4. The Balaban J connectivity index is 0.809. The summed E-state index contributed by atoms with van der Waals surface area (Å²) >= 11 is 0. The average molecular weight is 1380 g/mol. The standard InChI is InChI=1S/C59H90O36/c1-18(62)84-50-40(73)34(91-57(47(50)80)88-31-13-24-26(66)9-22(64)10-29(24)86-48(31)20-4-7-25(65)27(67)8-20)17-83-35(69)14-36(70)92-53-45(78)44(77)52(55(81)82)94-58(53)85-23-11-28(68)37-30(12-23)87-49(19-2-5-21(63)6-3-19)51(41(37)74)93-59-54(43(76)39(72)33(16-61)90-59)95-56-46(79)42(75)38(71)32(15-60)89-56/h19-34,37-40,42-54,56-61,63-68,71-73,75-80H,2-17H2,1H3,(H,81,82)/t19?,20?,21?,22?,23?,24?,25?,26?,27?,28?,29?,30?,31?,32-,33-,34-,37?,38-,39-,40-,42+,43+,44+,45+,46-,47-,48?,49?,50+,51?,52+,53-,54-,56+,57-,58-,59+/m1/s1. The Hall–Kier alpha value is -3.53. The van der Waals surface area contributed by atoms with Crippen molar-refractivity contribution in [1.82, 2.24) is 0 Å². The number of aliphatic carboxylic acids is 1. The molecule has 0 spiro atoms. The second-order valence-electron chi connectivity index (χ2n) is 26.8. The van der Waals surface area contributed by atoms with Gasteiger partial charge in [0, 0.05) is 25.7 Å². The van der Waals surface area contributed by atoms with E-state index in [2.05, 4.69) is 0 Å². The van der Waals surface area contributed by atoms with E-state index in [0.717, 1.165) is 6.92 Å². The number of carboxylic acids is 1. The molecular formula is C59H90O36. The van der Waals surface area contributed by atoms with E-state index >= 15 is 0 Å². The summed E-state index contributed by atoms with van der Waals surface area (Å²) < 4.78 is 76.6. The third kappa shape index (κ3) is 16.3. The van der Waals surface area contributed by atoms with Gasteiger partial charge in [-0.15, -0.1) is 0 Å². The lowest BCUT2D eigenvalue weighted by Crippen LogP contribution is -2.67. The van der Waals surface area contributed by atoms with Crippen molar-refractivity contribution in [1.29, 1.82) is 0 Å². The number of fused-ring (bicyclic) bond motifs is 2. The highest BCUT2D eigenvalue weighted by molar-refractivity contribution is 5.91. The van der Waals surface area contributed by atoms with E-state index in [0.29, 0.717) is 6.42 Å². The highest BCUT2D eigenvalue weighted by Gasteiger charge is 2.60. The first-order valence-electron chi connectivity index (χ1n) is 32.3. The van der Waals surface area contributed by atoms with E-state index in [1.165, 1.54) is 0 Å². The van der Waals surface area contributed by atoms with Crippen LogP contribution >= 0.6 is 0 Å². The Kier molecular flexibility index (Phi) is 24.6. The van der Waals surface area contributed by atoms with Gasteiger partial charge in [-0.3, -0.25) is 19.2 Å². The molecule has 0 aromatic carbocycles. The normalized spacial score (nSPS) is 49.7.